The maximum Gasteiger partial charge on any atom is 0.186 e. The molecule has 0 fully saturated rings. The molecule has 0 radical (unpaired) electrons. The summed E-state index contributed by atoms with van der Waals surface area (Å²) in [5.41, 5.74) is 1.00. The van der Waals surface area contributed by atoms with Gasteiger partial charge in [-0.05, 0) is 34.5 Å². The topological polar surface area (TPSA) is 16.1 Å². The molecule has 0 spiro atoms. The van der Waals surface area contributed by atoms with Crippen LogP contribution >= 0.6 is 38.9 Å². The predicted octanol–water partition coefficient (Wildman–Crippen LogP) is 4.48. The molecule has 0 aliphatic carbocycles. The zero-order valence-electron chi connectivity index (χ0n) is 8.99. The fourth-order valence-corrected chi connectivity index (χ4v) is 4.06. The van der Waals surface area contributed by atoms with Gasteiger partial charge in [0.25, 0.3) is 0 Å². The molecule has 2 heterocycles. The van der Waals surface area contributed by atoms with Crippen molar-refractivity contribution in [2.75, 3.05) is 18.0 Å². The maximum atomic E-state index is 6.04. The largest absolute Gasteiger partial charge is 0.344 e. The fraction of sp³-hybridized carbons (Fsp3) is 0.250. The van der Waals surface area contributed by atoms with Crippen molar-refractivity contribution in [1.82, 2.24) is 4.98 Å². The summed E-state index contributed by atoms with van der Waals surface area (Å²) in [7, 11) is 0. The van der Waals surface area contributed by atoms with Crippen LogP contribution in [-0.4, -0.2) is 18.1 Å². The van der Waals surface area contributed by atoms with Crippen molar-refractivity contribution in [2.24, 2.45) is 0 Å². The van der Waals surface area contributed by atoms with E-state index in [1.54, 1.807) is 11.3 Å². The molecule has 0 saturated heterocycles. The van der Waals surface area contributed by atoms with E-state index in [1.807, 2.05) is 12.1 Å². The number of hydrogen-bond acceptors (Lipinski definition) is 3. The highest BCUT2D eigenvalue weighted by Gasteiger charge is 2.14. The maximum absolute atomic E-state index is 6.04. The highest BCUT2D eigenvalue weighted by atomic mass is 79.9. The molecule has 2 aromatic rings. The molecule has 0 unspecified atom stereocenters. The van der Waals surface area contributed by atoms with E-state index in [4.69, 9.17) is 11.6 Å². The second-order valence-electron chi connectivity index (χ2n) is 3.94. The van der Waals surface area contributed by atoms with Gasteiger partial charge in [0.05, 0.1) is 10.2 Å². The number of rotatable bonds is 1. The zero-order chi connectivity index (χ0) is 11.8. The lowest BCUT2D eigenvalue weighted by atomic mass is 10.3. The van der Waals surface area contributed by atoms with Crippen LogP contribution in [0.15, 0.2) is 28.8 Å². The number of halogens is 2. The van der Waals surface area contributed by atoms with Crippen LogP contribution in [0, 0.1) is 0 Å². The van der Waals surface area contributed by atoms with Crippen LogP contribution in [-0.2, 0) is 0 Å². The van der Waals surface area contributed by atoms with Gasteiger partial charge in [-0.25, -0.2) is 4.98 Å². The van der Waals surface area contributed by atoms with E-state index in [-0.39, 0.29) is 0 Å². The molecule has 1 aromatic carbocycles. The van der Waals surface area contributed by atoms with Gasteiger partial charge in [-0.2, -0.15) is 0 Å². The number of aromatic nitrogens is 1. The van der Waals surface area contributed by atoms with Gasteiger partial charge in [0.15, 0.2) is 5.13 Å². The van der Waals surface area contributed by atoms with E-state index in [0.29, 0.717) is 0 Å². The molecule has 88 valence electrons. The highest BCUT2D eigenvalue weighted by molar-refractivity contribution is 9.10. The molecule has 2 nitrogen and oxygen atoms in total. The molecule has 5 heteroatoms. The number of anilines is 1. The van der Waals surface area contributed by atoms with E-state index in [9.17, 15) is 0 Å². The lowest BCUT2D eigenvalue weighted by molar-refractivity contribution is 0.818. The molecule has 17 heavy (non-hydrogen) atoms. The van der Waals surface area contributed by atoms with Crippen molar-refractivity contribution >= 4 is 54.2 Å². The van der Waals surface area contributed by atoms with Crippen LogP contribution in [0.1, 0.15) is 6.42 Å². The first-order valence-corrected chi connectivity index (χ1v) is 7.38. The Morgan fingerprint density at radius 2 is 2.24 bits per heavy atom. The first kappa shape index (κ1) is 11.5. The Morgan fingerprint density at radius 1 is 1.35 bits per heavy atom. The summed E-state index contributed by atoms with van der Waals surface area (Å²) < 4.78 is 2.10. The lowest BCUT2D eigenvalue weighted by Crippen LogP contribution is -2.26. The van der Waals surface area contributed by atoms with Gasteiger partial charge in [0, 0.05) is 22.6 Å². The molecule has 0 bridgehead atoms. The standard InChI is InChI=1S/C12H10BrClN2S/c13-9-6-8(14)7-10-11(9)15-12(17-10)16-4-2-1-3-5-16/h1-2,6-7H,3-5H2. The minimum atomic E-state index is 0.748. The summed E-state index contributed by atoms with van der Waals surface area (Å²) in [5, 5.41) is 1.82. The lowest BCUT2D eigenvalue weighted by Gasteiger charge is -2.21. The molecule has 3 rings (SSSR count). The van der Waals surface area contributed by atoms with Gasteiger partial charge in [-0.15, -0.1) is 0 Å². The van der Waals surface area contributed by atoms with Crippen molar-refractivity contribution in [2.45, 2.75) is 6.42 Å². The molecule has 1 aromatic heterocycles. The molecule has 1 aliphatic rings. The van der Waals surface area contributed by atoms with Crippen molar-refractivity contribution in [3.8, 4) is 0 Å². The summed E-state index contributed by atoms with van der Waals surface area (Å²) in [5.74, 6) is 0. The van der Waals surface area contributed by atoms with Crippen LogP contribution in [0.25, 0.3) is 10.2 Å². The van der Waals surface area contributed by atoms with Crippen LogP contribution < -0.4 is 4.90 Å². The van der Waals surface area contributed by atoms with Gasteiger partial charge in [0.1, 0.15) is 0 Å². The van der Waals surface area contributed by atoms with Crippen molar-refractivity contribution in [1.29, 1.82) is 0 Å². The summed E-state index contributed by atoms with van der Waals surface area (Å²) in [4.78, 5) is 6.98. The number of nitrogens with zero attached hydrogens (tertiary/aromatic N) is 2. The Hall–Kier alpha value is -0.580. The van der Waals surface area contributed by atoms with Gasteiger partial charge in [-0.1, -0.05) is 35.1 Å². The normalized spacial score (nSPS) is 15.8. The smallest absolute Gasteiger partial charge is 0.186 e. The third-order valence-corrected chi connectivity index (χ3v) is 4.62. The third-order valence-electron chi connectivity index (χ3n) is 2.73. The van der Waals surface area contributed by atoms with E-state index in [2.05, 4.69) is 38.0 Å². The zero-order valence-corrected chi connectivity index (χ0v) is 12.1. The number of benzene rings is 1. The fourth-order valence-electron chi connectivity index (χ4n) is 1.90. The van der Waals surface area contributed by atoms with Crippen LogP contribution in [0.5, 0.6) is 0 Å². The molecular weight excluding hydrogens is 320 g/mol. The molecule has 1 aliphatic heterocycles. The number of hydrogen-bond donors (Lipinski definition) is 0. The van der Waals surface area contributed by atoms with E-state index < -0.39 is 0 Å². The second-order valence-corrected chi connectivity index (χ2v) is 6.24. The Labute approximate surface area is 117 Å². The van der Waals surface area contributed by atoms with E-state index >= 15 is 0 Å². The van der Waals surface area contributed by atoms with Gasteiger partial charge >= 0.3 is 0 Å². The van der Waals surface area contributed by atoms with Crippen molar-refractivity contribution in [3.63, 3.8) is 0 Å². The van der Waals surface area contributed by atoms with Crippen LogP contribution in [0.2, 0.25) is 5.02 Å². The molecule has 0 amide bonds. The van der Waals surface area contributed by atoms with E-state index in [1.165, 1.54) is 0 Å². The minimum Gasteiger partial charge on any atom is -0.344 e. The molecule has 0 atom stereocenters. The average molecular weight is 330 g/mol. The van der Waals surface area contributed by atoms with Gasteiger partial charge in [-0.3, -0.25) is 0 Å². The first-order valence-electron chi connectivity index (χ1n) is 5.39. The quantitative estimate of drug-likeness (QED) is 0.717. The average Bonchev–Trinajstić information content (AvgIpc) is 2.74. The first-order chi connectivity index (χ1) is 8.24. The summed E-state index contributed by atoms with van der Waals surface area (Å²) in [6, 6.07) is 3.87. The number of thiazole rings is 1. The molecule has 0 saturated carbocycles. The van der Waals surface area contributed by atoms with Gasteiger partial charge in [0.2, 0.25) is 0 Å². The Bertz CT molecular complexity index is 593. The third kappa shape index (κ3) is 2.21. The van der Waals surface area contributed by atoms with E-state index in [0.717, 1.165) is 44.4 Å². The Kier molecular flexibility index (Phi) is 3.11. The van der Waals surface area contributed by atoms with Crippen molar-refractivity contribution in [3.05, 3.63) is 33.8 Å². The predicted molar refractivity (Wildman–Crippen MR) is 78.3 cm³/mol. The summed E-state index contributed by atoms with van der Waals surface area (Å²) in [6.45, 7) is 1.99. The minimum absolute atomic E-state index is 0.748. The highest BCUT2D eigenvalue weighted by Crippen LogP contribution is 2.35. The monoisotopic (exact) mass is 328 g/mol. The SMILES string of the molecule is Clc1cc(Br)c2nc(N3CC=CCC3)sc2c1. The van der Waals surface area contributed by atoms with Crippen molar-refractivity contribution < 1.29 is 0 Å². The van der Waals surface area contributed by atoms with Gasteiger partial charge < -0.3 is 4.90 Å². The summed E-state index contributed by atoms with van der Waals surface area (Å²) in [6.07, 6.45) is 5.51. The molecular formula is C12H10BrClN2S. The summed E-state index contributed by atoms with van der Waals surface area (Å²) >= 11 is 11.3. The molecule has 0 N–H and O–H groups in total. The Balaban J connectivity index is 2.07. The second kappa shape index (κ2) is 4.59. The number of fused-ring (bicyclic) bond motifs is 1. The van der Waals surface area contributed by atoms with Crippen LogP contribution in [0.4, 0.5) is 5.13 Å². The Morgan fingerprint density at radius 3 is 3.00 bits per heavy atom. The van der Waals surface area contributed by atoms with Crippen LogP contribution in [0.3, 0.4) is 0 Å².